The Kier molecular flexibility index (Phi) is 3.28. The molecule has 0 spiro atoms. The number of carboxylic acid groups (broad SMARTS) is 1. The van der Waals surface area contributed by atoms with E-state index < -0.39 is 6.09 Å². The van der Waals surface area contributed by atoms with Crippen LogP contribution in [0.3, 0.4) is 0 Å². The average Bonchev–Trinajstić information content (AvgIpc) is 2.15. The van der Waals surface area contributed by atoms with Crippen molar-refractivity contribution in [2.45, 2.75) is 13.0 Å². The average molecular weight is 180 g/mol. The fourth-order valence-corrected chi connectivity index (χ4v) is 0.995. The number of amides is 1. The molecule has 0 heterocycles. The van der Waals surface area contributed by atoms with Gasteiger partial charge in [0.05, 0.1) is 0 Å². The summed E-state index contributed by atoms with van der Waals surface area (Å²) < 4.78 is 0. The zero-order valence-corrected chi connectivity index (χ0v) is 7.32. The molecule has 70 valence electrons. The van der Waals surface area contributed by atoms with Crippen LogP contribution in [0.25, 0.3) is 0 Å². The molecular weight excluding hydrogens is 168 g/mol. The highest BCUT2D eigenvalue weighted by atomic mass is 16.4. The van der Waals surface area contributed by atoms with Gasteiger partial charge in [0.1, 0.15) is 0 Å². The number of rotatable bonds is 3. The molecule has 1 atom stereocenters. The molecule has 1 amide bonds. The van der Waals surface area contributed by atoms with Gasteiger partial charge in [0, 0.05) is 6.04 Å². The highest BCUT2D eigenvalue weighted by molar-refractivity contribution is 5.63. The molecule has 1 rings (SSSR count). The van der Waals surface area contributed by atoms with Crippen LogP contribution in [-0.2, 0) is 0 Å². The van der Waals surface area contributed by atoms with E-state index in [0.717, 1.165) is 5.56 Å². The SMILES string of the molecule is CC(NNC(=O)O)c1ccccc1. The molecule has 4 nitrogen and oxygen atoms in total. The van der Waals surface area contributed by atoms with Crippen LogP contribution >= 0.6 is 0 Å². The Bertz CT molecular complexity index is 274. The van der Waals surface area contributed by atoms with Gasteiger partial charge in [-0.05, 0) is 12.5 Å². The molecule has 3 N–H and O–H groups in total. The zero-order valence-electron chi connectivity index (χ0n) is 7.32. The van der Waals surface area contributed by atoms with Crippen LogP contribution in [0, 0.1) is 0 Å². The second kappa shape index (κ2) is 4.47. The van der Waals surface area contributed by atoms with E-state index in [2.05, 4.69) is 10.9 Å². The van der Waals surface area contributed by atoms with Crippen molar-refractivity contribution in [3.8, 4) is 0 Å². The van der Waals surface area contributed by atoms with E-state index in [-0.39, 0.29) is 6.04 Å². The van der Waals surface area contributed by atoms with Gasteiger partial charge in [-0.1, -0.05) is 30.3 Å². The van der Waals surface area contributed by atoms with E-state index in [1.807, 2.05) is 37.3 Å². The molecule has 0 aliphatic heterocycles. The van der Waals surface area contributed by atoms with Gasteiger partial charge in [-0.15, -0.1) is 0 Å². The molecule has 0 aliphatic carbocycles. The molecule has 4 heteroatoms. The maximum atomic E-state index is 10.2. The summed E-state index contributed by atoms with van der Waals surface area (Å²) in [5, 5.41) is 8.34. The monoisotopic (exact) mass is 180 g/mol. The van der Waals surface area contributed by atoms with E-state index in [4.69, 9.17) is 5.11 Å². The van der Waals surface area contributed by atoms with Crippen molar-refractivity contribution < 1.29 is 9.90 Å². The number of hydrogen-bond donors (Lipinski definition) is 3. The van der Waals surface area contributed by atoms with Crippen LogP contribution in [0.2, 0.25) is 0 Å². The van der Waals surface area contributed by atoms with Gasteiger partial charge in [-0.3, -0.25) is 5.43 Å². The summed E-state index contributed by atoms with van der Waals surface area (Å²) in [6.07, 6.45) is -1.08. The van der Waals surface area contributed by atoms with Gasteiger partial charge in [-0.2, -0.15) is 0 Å². The number of hydrogen-bond acceptors (Lipinski definition) is 2. The minimum atomic E-state index is -1.08. The summed E-state index contributed by atoms with van der Waals surface area (Å²) in [6, 6.07) is 9.57. The Morgan fingerprint density at radius 2 is 2.00 bits per heavy atom. The van der Waals surface area contributed by atoms with E-state index in [1.165, 1.54) is 0 Å². The minimum absolute atomic E-state index is 0.0303. The van der Waals surface area contributed by atoms with Crippen LogP contribution < -0.4 is 10.9 Å². The molecule has 0 saturated heterocycles. The van der Waals surface area contributed by atoms with Crippen LogP contribution in [0.5, 0.6) is 0 Å². The standard InChI is InChI=1S/C9H12N2O2/c1-7(10-11-9(12)13)8-5-3-2-4-6-8/h2-7,10-11H,1H3,(H,12,13). The Labute approximate surface area is 76.6 Å². The van der Waals surface area contributed by atoms with Crippen molar-refractivity contribution in [2.75, 3.05) is 0 Å². The molecule has 1 aromatic rings. The molecule has 0 aromatic heterocycles. The molecular formula is C9H12N2O2. The van der Waals surface area contributed by atoms with Crippen molar-refractivity contribution in [3.05, 3.63) is 35.9 Å². The third kappa shape index (κ3) is 3.13. The molecule has 0 fully saturated rings. The Morgan fingerprint density at radius 1 is 1.38 bits per heavy atom. The smallest absolute Gasteiger partial charge is 0.419 e. The normalized spacial score (nSPS) is 12.1. The second-order valence-corrected chi connectivity index (χ2v) is 2.71. The lowest BCUT2D eigenvalue weighted by Gasteiger charge is -2.12. The fourth-order valence-electron chi connectivity index (χ4n) is 0.995. The predicted molar refractivity (Wildman–Crippen MR) is 49.2 cm³/mol. The number of benzene rings is 1. The molecule has 0 saturated carbocycles. The highest BCUT2D eigenvalue weighted by Crippen LogP contribution is 2.09. The van der Waals surface area contributed by atoms with Crippen molar-refractivity contribution in [1.82, 2.24) is 10.9 Å². The third-order valence-electron chi connectivity index (χ3n) is 1.70. The highest BCUT2D eigenvalue weighted by Gasteiger charge is 2.03. The van der Waals surface area contributed by atoms with Crippen LogP contribution in [-0.4, -0.2) is 11.2 Å². The summed E-state index contributed by atoms with van der Waals surface area (Å²) in [5.74, 6) is 0. The number of carbonyl (C=O) groups is 1. The Morgan fingerprint density at radius 3 is 2.54 bits per heavy atom. The second-order valence-electron chi connectivity index (χ2n) is 2.71. The van der Waals surface area contributed by atoms with Crippen molar-refractivity contribution >= 4 is 6.09 Å². The Balaban J connectivity index is 2.49. The molecule has 0 bridgehead atoms. The van der Waals surface area contributed by atoms with E-state index in [9.17, 15) is 4.79 Å². The minimum Gasteiger partial charge on any atom is -0.464 e. The van der Waals surface area contributed by atoms with E-state index in [1.54, 1.807) is 0 Å². The van der Waals surface area contributed by atoms with Gasteiger partial charge in [0.25, 0.3) is 0 Å². The molecule has 0 radical (unpaired) electrons. The van der Waals surface area contributed by atoms with E-state index in [0.29, 0.717) is 0 Å². The lowest BCUT2D eigenvalue weighted by molar-refractivity contribution is 0.187. The topological polar surface area (TPSA) is 61.4 Å². The molecule has 0 aliphatic rings. The lowest BCUT2D eigenvalue weighted by Crippen LogP contribution is -2.37. The number of nitrogens with one attached hydrogen (secondary N) is 2. The first-order valence-corrected chi connectivity index (χ1v) is 3.99. The molecule has 1 aromatic carbocycles. The summed E-state index contributed by atoms with van der Waals surface area (Å²) in [7, 11) is 0. The predicted octanol–water partition coefficient (Wildman–Crippen LogP) is 1.52. The van der Waals surface area contributed by atoms with Crippen molar-refractivity contribution in [3.63, 3.8) is 0 Å². The summed E-state index contributed by atoms with van der Waals surface area (Å²) in [6.45, 7) is 1.88. The lowest BCUT2D eigenvalue weighted by atomic mass is 10.1. The summed E-state index contributed by atoms with van der Waals surface area (Å²) in [5.41, 5.74) is 5.80. The number of hydrazine groups is 1. The zero-order chi connectivity index (χ0) is 9.68. The first-order chi connectivity index (χ1) is 6.20. The largest absolute Gasteiger partial charge is 0.464 e. The molecule has 13 heavy (non-hydrogen) atoms. The third-order valence-corrected chi connectivity index (χ3v) is 1.70. The van der Waals surface area contributed by atoms with Crippen molar-refractivity contribution in [1.29, 1.82) is 0 Å². The van der Waals surface area contributed by atoms with Gasteiger partial charge in [0.15, 0.2) is 0 Å². The van der Waals surface area contributed by atoms with Crippen LogP contribution in [0.15, 0.2) is 30.3 Å². The fraction of sp³-hybridized carbons (Fsp3) is 0.222. The Hall–Kier alpha value is -1.55. The maximum Gasteiger partial charge on any atom is 0.419 e. The maximum absolute atomic E-state index is 10.2. The summed E-state index contributed by atoms with van der Waals surface area (Å²) in [4.78, 5) is 10.2. The molecule has 1 unspecified atom stereocenters. The first-order valence-electron chi connectivity index (χ1n) is 3.99. The summed E-state index contributed by atoms with van der Waals surface area (Å²) >= 11 is 0. The van der Waals surface area contributed by atoms with Gasteiger partial charge >= 0.3 is 6.09 Å². The van der Waals surface area contributed by atoms with E-state index >= 15 is 0 Å². The van der Waals surface area contributed by atoms with Gasteiger partial charge < -0.3 is 5.11 Å². The van der Waals surface area contributed by atoms with Gasteiger partial charge in [-0.25, -0.2) is 10.2 Å². The van der Waals surface area contributed by atoms with Crippen molar-refractivity contribution in [2.24, 2.45) is 0 Å². The van der Waals surface area contributed by atoms with Crippen LogP contribution in [0.4, 0.5) is 4.79 Å². The quantitative estimate of drug-likeness (QED) is 0.618. The first kappa shape index (κ1) is 9.54. The van der Waals surface area contributed by atoms with Gasteiger partial charge in [0.2, 0.25) is 0 Å². The van der Waals surface area contributed by atoms with Crippen LogP contribution in [0.1, 0.15) is 18.5 Å².